The highest BCUT2D eigenvalue weighted by Crippen LogP contribution is 2.27. The first-order chi connectivity index (χ1) is 8.65. The second kappa shape index (κ2) is 6.38. The molecule has 1 saturated heterocycles. The number of ether oxygens (including phenoxy) is 1. The monoisotopic (exact) mass is 273 g/mol. The van der Waals surface area contributed by atoms with Crippen molar-refractivity contribution >= 4 is 17.4 Å². The zero-order valence-electron chi connectivity index (χ0n) is 10.2. The van der Waals surface area contributed by atoms with E-state index in [0.29, 0.717) is 28.6 Å². The highest BCUT2D eigenvalue weighted by atomic mass is 32.2. The summed E-state index contributed by atoms with van der Waals surface area (Å²) in [4.78, 5) is 0.590. The fourth-order valence-corrected chi connectivity index (χ4v) is 2.56. The average molecular weight is 273 g/mol. The van der Waals surface area contributed by atoms with Gasteiger partial charge in [-0.15, -0.1) is 0 Å². The number of nitrogens with one attached hydrogen (secondary N) is 1. The summed E-state index contributed by atoms with van der Waals surface area (Å²) < 4.78 is 29.7. The van der Waals surface area contributed by atoms with E-state index < -0.39 is 5.76 Å². The number of halogens is 2. The van der Waals surface area contributed by atoms with Crippen molar-refractivity contribution < 1.29 is 13.5 Å². The summed E-state index contributed by atoms with van der Waals surface area (Å²) in [7, 11) is 0. The quantitative estimate of drug-likeness (QED) is 0.824. The molecule has 1 fully saturated rings. The van der Waals surface area contributed by atoms with Gasteiger partial charge in [-0.2, -0.15) is 8.78 Å². The Labute approximate surface area is 110 Å². The predicted molar refractivity (Wildman–Crippen MR) is 70.3 cm³/mol. The molecule has 5 heteroatoms. The Morgan fingerprint density at radius 1 is 1.33 bits per heavy atom. The average Bonchev–Trinajstić information content (AvgIpc) is 2.84. The van der Waals surface area contributed by atoms with Gasteiger partial charge >= 0.3 is 0 Å². The van der Waals surface area contributed by atoms with Crippen LogP contribution in [0, 0.1) is 5.92 Å². The molecule has 0 aromatic heterocycles. The molecule has 2 rings (SSSR count). The van der Waals surface area contributed by atoms with Gasteiger partial charge in [0.2, 0.25) is 0 Å². The van der Waals surface area contributed by atoms with Crippen LogP contribution in [0.1, 0.15) is 13.3 Å². The SMILES string of the molecule is CC(Nc1ccc(SC(F)F)cc1)C1CCOC1. The van der Waals surface area contributed by atoms with Gasteiger partial charge in [0.1, 0.15) is 0 Å². The van der Waals surface area contributed by atoms with Crippen LogP contribution < -0.4 is 5.32 Å². The molecule has 2 nitrogen and oxygen atoms in total. The molecule has 0 aliphatic carbocycles. The van der Waals surface area contributed by atoms with Crippen molar-refractivity contribution in [2.24, 2.45) is 5.92 Å². The van der Waals surface area contributed by atoms with E-state index in [1.165, 1.54) is 0 Å². The Hall–Kier alpha value is -0.810. The molecule has 0 spiro atoms. The van der Waals surface area contributed by atoms with Crippen molar-refractivity contribution in [3.05, 3.63) is 24.3 Å². The lowest BCUT2D eigenvalue weighted by Gasteiger charge is -2.20. The minimum atomic E-state index is -2.36. The molecule has 2 atom stereocenters. The smallest absolute Gasteiger partial charge is 0.288 e. The third kappa shape index (κ3) is 3.85. The maximum Gasteiger partial charge on any atom is 0.288 e. The number of hydrogen-bond acceptors (Lipinski definition) is 3. The maximum absolute atomic E-state index is 12.2. The van der Waals surface area contributed by atoms with Crippen LogP contribution in [0.5, 0.6) is 0 Å². The highest BCUT2D eigenvalue weighted by molar-refractivity contribution is 7.99. The van der Waals surface area contributed by atoms with Gasteiger partial charge in [-0.05, 0) is 37.6 Å². The van der Waals surface area contributed by atoms with Crippen LogP contribution in [0.4, 0.5) is 14.5 Å². The van der Waals surface area contributed by atoms with Crippen molar-refractivity contribution in [1.29, 1.82) is 0 Å². The summed E-state index contributed by atoms with van der Waals surface area (Å²) in [6, 6.07) is 7.46. The fraction of sp³-hybridized carbons (Fsp3) is 0.538. The van der Waals surface area contributed by atoms with Gasteiger partial charge in [-0.25, -0.2) is 0 Å². The second-order valence-electron chi connectivity index (χ2n) is 4.46. The number of benzene rings is 1. The minimum Gasteiger partial charge on any atom is -0.382 e. The molecule has 1 aromatic rings. The lowest BCUT2D eigenvalue weighted by Crippen LogP contribution is -2.25. The Balaban J connectivity index is 1.89. The summed E-state index contributed by atoms with van der Waals surface area (Å²) in [6.45, 7) is 3.76. The van der Waals surface area contributed by atoms with E-state index in [2.05, 4.69) is 12.2 Å². The van der Waals surface area contributed by atoms with Crippen LogP contribution in [0.15, 0.2) is 29.2 Å². The van der Waals surface area contributed by atoms with Crippen LogP contribution in [-0.4, -0.2) is 25.0 Å². The maximum atomic E-state index is 12.2. The van der Waals surface area contributed by atoms with Crippen LogP contribution in [0.25, 0.3) is 0 Å². The van der Waals surface area contributed by atoms with Gasteiger partial charge in [-0.1, -0.05) is 11.8 Å². The fourth-order valence-electron chi connectivity index (χ4n) is 2.06. The third-order valence-electron chi connectivity index (χ3n) is 3.15. The molecule has 1 N–H and O–H groups in total. The Kier molecular flexibility index (Phi) is 4.83. The standard InChI is InChI=1S/C13H17F2NOS/c1-9(10-6-7-17-8-10)16-11-2-4-12(5-3-11)18-13(14)15/h2-5,9-10,13,16H,6-8H2,1H3. The highest BCUT2D eigenvalue weighted by Gasteiger charge is 2.21. The topological polar surface area (TPSA) is 21.3 Å². The van der Waals surface area contributed by atoms with Gasteiger partial charge < -0.3 is 10.1 Å². The number of hydrogen-bond donors (Lipinski definition) is 1. The van der Waals surface area contributed by atoms with Crippen LogP contribution in [0.2, 0.25) is 0 Å². The number of rotatable bonds is 5. The molecule has 1 aliphatic heterocycles. The van der Waals surface area contributed by atoms with Crippen LogP contribution in [0.3, 0.4) is 0 Å². The summed E-state index contributed by atoms with van der Waals surface area (Å²) in [5.74, 6) is -1.83. The van der Waals surface area contributed by atoms with Crippen molar-refractivity contribution in [3.63, 3.8) is 0 Å². The number of anilines is 1. The largest absolute Gasteiger partial charge is 0.382 e. The summed E-state index contributed by atoms with van der Waals surface area (Å²) >= 11 is 0.570. The van der Waals surface area contributed by atoms with Gasteiger partial charge in [0, 0.05) is 29.1 Å². The van der Waals surface area contributed by atoms with Gasteiger partial charge in [0.15, 0.2) is 0 Å². The minimum absolute atomic E-state index is 0.334. The number of thioether (sulfide) groups is 1. The van der Waals surface area contributed by atoms with Crippen molar-refractivity contribution in [3.8, 4) is 0 Å². The molecule has 1 aromatic carbocycles. The van der Waals surface area contributed by atoms with E-state index >= 15 is 0 Å². The van der Waals surface area contributed by atoms with E-state index in [1.54, 1.807) is 12.1 Å². The van der Waals surface area contributed by atoms with Gasteiger partial charge in [0.05, 0.1) is 6.61 Å². The molecule has 0 bridgehead atoms. The van der Waals surface area contributed by atoms with Crippen LogP contribution >= 0.6 is 11.8 Å². The van der Waals surface area contributed by atoms with E-state index in [-0.39, 0.29) is 0 Å². The zero-order chi connectivity index (χ0) is 13.0. The Morgan fingerprint density at radius 2 is 2.06 bits per heavy atom. The van der Waals surface area contributed by atoms with E-state index in [4.69, 9.17) is 4.74 Å². The third-order valence-corrected chi connectivity index (χ3v) is 3.87. The molecule has 1 heterocycles. The molecule has 18 heavy (non-hydrogen) atoms. The molecule has 0 saturated carbocycles. The molecule has 100 valence electrons. The predicted octanol–water partition coefficient (Wildman–Crippen LogP) is 3.84. The van der Waals surface area contributed by atoms with Gasteiger partial charge in [0.25, 0.3) is 5.76 Å². The Morgan fingerprint density at radius 3 is 2.61 bits per heavy atom. The van der Waals surface area contributed by atoms with Crippen molar-refractivity contribution in [2.75, 3.05) is 18.5 Å². The lowest BCUT2D eigenvalue weighted by atomic mass is 10.0. The number of alkyl halides is 2. The van der Waals surface area contributed by atoms with Gasteiger partial charge in [-0.3, -0.25) is 0 Å². The first-order valence-electron chi connectivity index (χ1n) is 6.04. The van der Waals surface area contributed by atoms with Crippen LogP contribution in [-0.2, 0) is 4.74 Å². The summed E-state index contributed by atoms with van der Waals surface area (Å²) in [6.07, 6.45) is 1.08. The molecule has 1 aliphatic rings. The van der Waals surface area contributed by atoms with E-state index in [9.17, 15) is 8.78 Å². The van der Waals surface area contributed by atoms with E-state index in [1.807, 2.05) is 12.1 Å². The molecular formula is C13H17F2NOS. The lowest BCUT2D eigenvalue weighted by molar-refractivity contribution is 0.183. The van der Waals surface area contributed by atoms with Crippen molar-refractivity contribution in [2.45, 2.75) is 30.0 Å². The molecular weight excluding hydrogens is 256 g/mol. The van der Waals surface area contributed by atoms with E-state index in [0.717, 1.165) is 25.3 Å². The normalized spacial score (nSPS) is 21.2. The summed E-state index contributed by atoms with van der Waals surface area (Å²) in [5.41, 5.74) is 0.966. The van der Waals surface area contributed by atoms with Crippen molar-refractivity contribution in [1.82, 2.24) is 0 Å². The molecule has 0 amide bonds. The molecule has 0 radical (unpaired) electrons. The molecule has 2 unspecified atom stereocenters. The first-order valence-corrected chi connectivity index (χ1v) is 6.92. The first kappa shape index (κ1) is 13.6. The Bertz CT molecular complexity index is 366. The zero-order valence-corrected chi connectivity index (χ0v) is 11.1. The second-order valence-corrected chi connectivity index (χ2v) is 5.52. The summed E-state index contributed by atoms with van der Waals surface area (Å²) in [5, 5.41) is 3.39.